The van der Waals surface area contributed by atoms with Gasteiger partial charge in [0.15, 0.2) is 9.84 Å². The number of nitrogens with zero attached hydrogens (tertiary/aromatic N) is 2. The van der Waals surface area contributed by atoms with Crippen molar-refractivity contribution in [1.82, 2.24) is 15.4 Å². The molecule has 1 aromatic rings. The second-order valence-corrected chi connectivity index (χ2v) is 9.90. The Bertz CT molecular complexity index is 802. The molecule has 2 fully saturated rings. The molecule has 1 saturated carbocycles. The molecule has 1 atom stereocenters. The van der Waals surface area contributed by atoms with Crippen molar-refractivity contribution < 1.29 is 27.3 Å². The van der Waals surface area contributed by atoms with Crippen LogP contribution in [0.5, 0.6) is 5.95 Å². The molecule has 28 heavy (non-hydrogen) atoms. The van der Waals surface area contributed by atoms with Crippen molar-refractivity contribution in [3.63, 3.8) is 0 Å². The summed E-state index contributed by atoms with van der Waals surface area (Å²) in [6, 6.07) is 1.30. The van der Waals surface area contributed by atoms with Gasteiger partial charge in [-0.2, -0.15) is 0 Å². The quantitative estimate of drug-likeness (QED) is 0.409. The van der Waals surface area contributed by atoms with Crippen molar-refractivity contribution in [1.29, 1.82) is 0 Å². The van der Waals surface area contributed by atoms with E-state index in [1.54, 1.807) is 6.07 Å². The zero-order valence-corrected chi connectivity index (χ0v) is 16.9. The zero-order chi connectivity index (χ0) is 20.1. The van der Waals surface area contributed by atoms with E-state index >= 15 is 0 Å². The predicted octanol–water partition coefficient (Wildman–Crippen LogP) is 1.70. The maximum absolute atomic E-state index is 12.3. The van der Waals surface area contributed by atoms with Gasteiger partial charge >= 0.3 is 12.0 Å². The van der Waals surface area contributed by atoms with Gasteiger partial charge in [0.2, 0.25) is 5.91 Å². The topological polar surface area (TPSA) is 119 Å². The van der Waals surface area contributed by atoms with E-state index in [1.165, 1.54) is 17.7 Å². The number of hydrogen-bond acceptors (Lipinski definition) is 7. The maximum Gasteiger partial charge on any atom is 0.324 e. The van der Waals surface area contributed by atoms with E-state index in [-0.39, 0.29) is 35.9 Å². The number of rotatable bonds is 12. The van der Waals surface area contributed by atoms with Gasteiger partial charge in [-0.3, -0.25) is 10.1 Å². The van der Waals surface area contributed by atoms with Crippen LogP contribution < -0.4 is 10.1 Å². The van der Waals surface area contributed by atoms with Crippen molar-refractivity contribution in [3.8, 4) is 5.95 Å². The van der Waals surface area contributed by atoms with E-state index in [0.717, 1.165) is 0 Å². The van der Waals surface area contributed by atoms with Crippen LogP contribution in [-0.2, 0) is 14.6 Å². The molecule has 3 rings (SSSR count). The first-order valence-electron chi connectivity index (χ1n) is 9.71. The Balaban J connectivity index is 1.34. The number of imide groups is 1. The van der Waals surface area contributed by atoms with Gasteiger partial charge in [-0.25, -0.2) is 13.2 Å². The van der Waals surface area contributed by atoms with Gasteiger partial charge in [0, 0.05) is 18.5 Å². The number of hydrogen-bond donors (Lipinski definition) is 1. The molecule has 0 bridgehead atoms. The van der Waals surface area contributed by atoms with E-state index in [0.29, 0.717) is 50.0 Å². The molecule has 2 aliphatic rings. The number of urea groups is 1. The molecule has 1 aromatic heterocycles. The Morgan fingerprint density at radius 3 is 2.79 bits per heavy atom. The lowest BCUT2D eigenvalue weighted by Gasteiger charge is -2.12. The molecule has 0 radical (unpaired) electrons. The summed E-state index contributed by atoms with van der Waals surface area (Å²) in [4.78, 5) is 24.0. The molecule has 1 unspecified atom stereocenters. The lowest BCUT2D eigenvalue weighted by molar-refractivity contribution is -0.118. The first kappa shape index (κ1) is 20.6. The van der Waals surface area contributed by atoms with Gasteiger partial charge in [0.25, 0.3) is 0 Å². The summed E-state index contributed by atoms with van der Waals surface area (Å²) in [5.41, 5.74) is 0.582. The number of nitrogens with one attached hydrogen (secondary N) is 1. The van der Waals surface area contributed by atoms with Crippen LogP contribution in [0.1, 0.15) is 50.6 Å². The van der Waals surface area contributed by atoms with Crippen molar-refractivity contribution in [3.05, 3.63) is 11.8 Å². The second kappa shape index (κ2) is 8.93. The maximum atomic E-state index is 12.3. The average molecular weight is 413 g/mol. The van der Waals surface area contributed by atoms with Crippen LogP contribution in [0.4, 0.5) is 4.79 Å². The van der Waals surface area contributed by atoms with Crippen LogP contribution in [0.25, 0.3) is 0 Å². The van der Waals surface area contributed by atoms with Crippen molar-refractivity contribution >= 4 is 21.8 Å². The lowest BCUT2D eigenvalue weighted by atomic mass is 10.1. The highest BCUT2D eigenvalue weighted by molar-refractivity contribution is 7.91. The molecular weight excluding hydrogens is 386 g/mol. The fraction of sp³-hybridized carbons (Fsp3) is 0.722. The summed E-state index contributed by atoms with van der Waals surface area (Å²) >= 11 is 0. The van der Waals surface area contributed by atoms with Gasteiger partial charge in [0.05, 0.1) is 23.8 Å². The molecule has 10 heteroatoms. The Labute approximate surface area is 164 Å². The van der Waals surface area contributed by atoms with E-state index < -0.39 is 9.84 Å². The summed E-state index contributed by atoms with van der Waals surface area (Å²) in [5.74, 6) is 0.472. The third-order valence-corrected chi connectivity index (χ3v) is 6.84. The summed E-state index contributed by atoms with van der Waals surface area (Å²) in [7, 11) is -3.22. The first-order chi connectivity index (χ1) is 13.3. The van der Waals surface area contributed by atoms with Crippen LogP contribution in [0.15, 0.2) is 10.6 Å². The highest BCUT2D eigenvalue weighted by Crippen LogP contribution is 2.30. The first-order valence-corrected chi connectivity index (χ1v) is 11.5. The van der Waals surface area contributed by atoms with Crippen LogP contribution in [0, 0.1) is 5.92 Å². The highest BCUT2D eigenvalue weighted by atomic mass is 32.2. The third kappa shape index (κ3) is 6.22. The minimum atomic E-state index is -3.22. The smallest absolute Gasteiger partial charge is 0.324 e. The third-order valence-electron chi connectivity index (χ3n) is 4.93. The Kier molecular flexibility index (Phi) is 6.58. The molecule has 1 aliphatic carbocycles. The van der Waals surface area contributed by atoms with Gasteiger partial charge in [-0.1, -0.05) is 18.5 Å². The normalized spacial score (nSPS) is 18.4. The molecule has 3 amide bonds. The Morgan fingerprint density at radius 1 is 1.32 bits per heavy atom. The molecule has 9 nitrogen and oxygen atoms in total. The standard InChI is InChI=1S/C18H27N3O6S/c1-13(15-9-17(27-20-15)26-11-14-5-6-14)12-28(24,25)8-4-2-3-7-21-10-16(22)19-18(21)23/h9,13-14H,2-8,10-12H2,1H3,(H,19,22,23). The zero-order valence-electron chi connectivity index (χ0n) is 16.1. The van der Waals surface area contributed by atoms with E-state index in [2.05, 4.69) is 10.5 Å². The Hall–Kier alpha value is -2.10. The van der Waals surface area contributed by atoms with E-state index in [9.17, 15) is 18.0 Å². The Morgan fingerprint density at radius 2 is 2.11 bits per heavy atom. The molecular formula is C18H27N3O6S. The number of ether oxygens (including phenoxy) is 1. The molecule has 2 heterocycles. The minimum Gasteiger partial charge on any atom is -0.463 e. The fourth-order valence-electron chi connectivity index (χ4n) is 3.07. The average Bonchev–Trinajstić information content (AvgIpc) is 3.23. The van der Waals surface area contributed by atoms with Gasteiger partial charge in [-0.15, -0.1) is 0 Å². The van der Waals surface area contributed by atoms with Crippen molar-refractivity contribution in [2.24, 2.45) is 5.92 Å². The van der Waals surface area contributed by atoms with Crippen LogP contribution in [0.2, 0.25) is 0 Å². The second-order valence-electron chi connectivity index (χ2n) is 7.68. The largest absolute Gasteiger partial charge is 0.463 e. The van der Waals surface area contributed by atoms with Gasteiger partial charge in [0.1, 0.15) is 6.54 Å². The summed E-state index contributed by atoms with van der Waals surface area (Å²) < 4.78 is 35.3. The molecule has 0 spiro atoms. The summed E-state index contributed by atoms with van der Waals surface area (Å²) in [6.07, 6.45) is 4.22. The number of carbonyl (C=O) groups is 2. The van der Waals surface area contributed by atoms with Gasteiger partial charge in [-0.05, 0) is 31.6 Å². The molecule has 0 aromatic carbocycles. The van der Waals surface area contributed by atoms with Crippen molar-refractivity contribution in [2.45, 2.75) is 44.9 Å². The van der Waals surface area contributed by atoms with Crippen molar-refractivity contribution in [2.75, 3.05) is 31.2 Å². The van der Waals surface area contributed by atoms with Gasteiger partial charge < -0.3 is 14.2 Å². The molecule has 156 valence electrons. The minimum absolute atomic E-state index is 0.00459. The summed E-state index contributed by atoms with van der Waals surface area (Å²) in [6.45, 7) is 2.97. The molecule has 1 aliphatic heterocycles. The number of amides is 3. The van der Waals surface area contributed by atoms with E-state index in [4.69, 9.17) is 9.26 Å². The number of unbranched alkanes of at least 4 members (excludes halogenated alkanes) is 2. The van der Waals surface area contributed by atoms with E-state index in [1.807, 2.05) is 6.92 Å². The van der Waals surface area contributed by atoms with Crippen LogP contribution in [-0.4, -0.2) is 61.6 Å². The monoisotopic (exact) mass is 413 g/mol. The number of aromatic nitrogens is 1. The summed E-state index contributed by atoms with van der Waals surface area (Å²) in [5, 5.41) is 6.15. The fourth-order valence-corrected chi connectivity index (χ4v) is 4.81. The highest BCUT2D eigenvalue weighted by Gasteiger charge is 2.26. The SMILES string of the molecule is CC(CS(=O)(=O)CCCCCN1CC(=O)NC1=O)c1cc(OCC2CC2)on1. The van der Waals surface area contributed by atoms with Crippen LogP contribution in [0.3, 0.4) is 0 Å². The molecule has 1 N–H and O–H groups in total. The lowest BCUT2D eigenvalue weighted by Crippen LogP contribution is -2.29. The number of carbonyl (C=O) groups excluding carboxylic acids is 2. The predicted molar refractivity (Wildman–Crippen MR) is 101 cm³/mol. The molecule has 1 saturated heterocycles. The van der Waals surface area contributed by atoms with Crippen LogP contribution >= 0.6 is 0 Å². The number of sulfone groups is 1.